The van der Waals surface area contributed by atoms with Gasteiger partial charge in [-0.05, 0) is 47.6 Å². The molecule has 6 heteroatoms. The molecule has 0 aliphatic heterocycles. The number of halogens is 1. The molecule has 2 rings (SSSR count). The highest BCUT2D eigenvalue weighted by molar-refractivity contribution is 9.10. The third kappa shape index (κ3) is 2.59. The van der Waals surface area contributed by atoms with E-state index in [4.69, 9.17) is 17.0 Å². The molecular formula is C11H14BrN3OS. The quantitative estimate of drug-likeness (QED) is 0.879. The van der Waals surface area contributed by atoms with E-state index in [1.54, 1.807) is 13.3 Å². The molecule has 0 amide bonds. The Bertz CT molecular complexity index is 578. The lowest BCUT2D eigenvalue weighted by atomic mass is 10.2. The Morgan fingerprint density at radius 3 is 3.12 bits per heavy atom. The number of ether oxygens (including phenoxy) is 1. The summed E-state index contributed by atoms with van der Waals surface area (Å²) < 4.78 is 8.78. The van der Waals surface area contributed by atoms with Gasteiger partial charge in [0.2, 0.25) is 0 Å². The summed E-state index contributed by atoms with van der Waals surface area (Å²) in [4.78, 5) is 7.58. The first-order valence-electron chi connectivity index (χ1n) is 5.38. The van der Waals surface area contributed by atoms with Crippen LogP contribution in [0.4, 0.5) is 0 Å². The van der Waals surface area contributed by atoms with Gasteiger partial charge in [0.1, 0.15) is 0 Å². The molecule has 0 radical (unpaired) electrons. The van der Waals surface area contributed by atoms with Crippen molar-refractivity contribution in [1.29, 1.82) is 0 Å². The van der Waals surface area contributed by atoms with Gasteiger partial charge in [-0.15, -0.1) is 0 Å². The van der Waals surface area contributed by atoms with Crippen LogP contribution in [0.2, 0.25) is 0 Å². The molecule has 17 heavy (non-hydrogen) atoms. The van der Waals surface area contributed by atoms with Gasteiger partial charge >= 0.3 is 0 Å². The zero-order valence-electron chi connectivity index (χ0n) is 9.74. The highest BCUT2D eigenvalue weighted by atomic mass is 79.9. The van der Waals surface area contributed by atoms with E-state index in [-0.39, 0.29) is 6.04 Å². The van der Waals surface area contributed by atoms with Gasteiger partial charge in [-0.25, -0.2) is 4.98 Å². The molecular weight excluding hydrogens is 302 g/mol. The smallest absolute Gasteiger partial charge is 0.179 e. The van der Waals surface area contributed by atoms with Gasteiger partial charge in [-0.2, -0.15) is 0 Å². The zero-order chi connectivity index (χ0) is 12.4. The Morgan fingerprint density at radius 1 is 1.65 bits per heavy atom. The number of aromatic amines is 1. The van der Waals surface area contributed by atoms with Gasteiger partial charge in [-0.3, -0.25) is 4.57 Å². The van der Waals surface area contributed by atoms with E-state index in [0.29, 0.717) is 11.4 Å². The fourth-order valence-electron chi connectivity index (χ4n) is 1.81. The van der Waals surface area contributed by atoms with Crippen LogP contribution in [-0.2, 0) is 4.74 Å². The maximum Gasteiger partial charge on any atom is 0.179 e. The van der Waals surface area contributed by atoms with Crippen LogP contribution in [0.1, 0.15) is 19.4 Å². The van der Waals surface area contributed by atoms with Crippen molar-refractivity contribution in [3.63, 3.8) is 0 Å². The minimum Gasteiger partial charge on any atom is -0.385 e. The number of hydrogen-bond donors (Lipinski definition) is 1. The van der Waals surface area contributed by atoms with Gasteiger partial charge in [0.25, 0.3) is 0 Å². The highest BCUT2D eigenvalue weighted by Gasteiger charge is 2.12. The van der Waals surface area contributed by atoms with Gasteiger partial charge in [0.05, 0.1) is 5.52 Å². The predicted octanol–water partition coefficient (Wildman–Crippen LogP) is 3.45. The van der Waals surface area contributed by atoms with Crippen LogP contribution in [-0.4, -0.2) is 28.3 Å². The average Bonchev–Trinajstić information content (AvgIpc) is 2.61. The molecule has 92 valence electrons. The Hall–Kier alpha value is -0.720. The first-order valence-corrected chi connectivity index (χ1v) is 6.58. The van der Waals surface area contributed by atoms with E-state index in [1.807, 2.05) is 10.6 Å². The van der Waals surface area contributed by atoms with Crippen LogP contribution in [0.3, 0.4) is 0 Å². The number of nitrogens with zero attached hydrogens (tertiary/aromatic N) is 2. The standard InChI is InChI=1S/C11H14BrN3OS/c1-7(3-4-16-2)15-10-9(14-11(15)17)5-8(12)6-13-10/h5-7H,3-4H2,1-2H3,(H,14,17). The van der Waals surface area contributed by atoms with Crippen LogP contribution in [0, 0.1) is 4.77 Å². The summed E-state index contributed by atoms with van der Waals surface area (Å²) in [5.41, 5.74) is 1.84. The molecule has 2 aromatic heterocycles. The van der Waals surface area contributed by atoms with E-state index >= 15 is 0 Å². The zero-order valence-corrected chi connectivity index (χ0v) is 12.1. The summed E-state index contributed by atoms with van der Waals surface area (Å²) in [5, 5.41) is 0. The van der Waals surface area contributed by atoms with Crippen LogP contribution >= 0.6 is 28.1 Å². The number of hydrogen-bond acceptors (Lipinski definition) is 3. The lowest BCUT2D eigenvalue weighted by molar-refractivity contribution is 0.181. The second-order valence-electron chi connectivity index (χ2n) is 3.96. The lowest BCUT2D eigenvalue weighted by Gasteiger charge is -2.13. The minimum absolute atomic E-state index is 0.268. The molecule has 0 bridgehead atoms. The van der Waals surface area contributed by atoms with E-state index in [9.17, 15) is 0 Å². The number of nitrogens with one attached hydrogen (secondary N) is 1. The molecule has 1 N–H and O–H groups in total. The van der Waals surface area contributed by atoms with E-state index < -0.39 is 0 Å². The van der Waals surface area contributed by atoms with Crippen molar-refractivity contribution < 1.29 is 4.74 Å². The highest BCUT2D eigenvalue weighted by Crippen LogP contribution is 2.21. The summed E-state index contributed by atoms with van der Waals surface area (Å²) >= 11 is 8.73. The van der Waals surface area contributed by atoms with Gasteiger partial charge in [-0.1, -0.05) is 0 Å². The van der Waals surface area contributed by atoms with Crippen molar-refractivity contribution in [1.82, 2.24) is 14.5 Å². The molecule has 0 saturated heterocycles. The molecule has 0 fully saturated rings. The molecule has 1 atom stereocenters. The number of H-pyrrole nitrogens is 1. The number of rotatable bonds is 4. The lowest BCUT2D eigenvalue weighted by Crippen LogP contribution is -2.08. The second kappa shape index (κ2) is 5.29. The predicted molar refractivity (Wildman–Crippen MR) is 73.8 cm³/mol. The first-order chi connectivity index (χ1) is 8.13. The van der Waals surface area contributed by atoms with Crippen molar-refractivity contribution in [2.24, 2.45) is 0 Å². The second-order valence-corrected chi connectivity index (χ2v) is 5.26. The molecule has 0 aliphatic rings. The fraction of sp³-hybridized carbons (Fsp3) is 0.455. The molecule has 0 aliphatic carbocycles. The summed E-state index contributed by atoms with van der Waals surface area (Å²) in [6, 6.07) is 2.25. The minimum atomic E-state index is 0.268. The Balaban J connectivity index is 2.46. The maximum atomic E-state index is 5.33. The van der Waals surface area contributed by atoms with E-state index in [0.717, 1.165) is 22.1 Å². The maximum absolute atomic E-state index is 5.33. The molecule has 4 nitrogen and oxygen atoms in total. The van der Waals surface area contributed by atoms with Crippen LogP contribution in [0.25, 0.3) is 11.2 Å². The van der Waals surface area contributed by atoms with Gasteiger partial charge in [0.15, 0.2) is 10.4 Å². The SMILES string of the molecule is COCCC(C)n1c(=S)[nH]c2cc(Br)cnc21. The molecule has 1 unspecified atom stereocenters. The number of pyridine rings is 1. The van der Waals surface area contributed by atoms with Crippen molar-refractivity contribution in [2.75, 3.05) is 13.7 Å². The third-order valence-electron chi connectivity index (χ3n) is 2.70. The molecule has 2 heterocycles. The molecule has 0 aromatic carbocycles. The number of methoxy groups -OCH3 is 1. The van der Waals surface area contributed by atoms with Crippen LogP contribution in [0.5, 0.6) is 0 Å². The van der Waals surface area contributed by atoms with E-state index in [1.165, 1.54) is 0 Å². The van der Waals surface area contributed by atoms with Crippen molar-refractivity contribution in [3.05, 3.63) is 21.5 Å². The number of aromatic nitrogens is 3. The molecule has 0 spiro atoms. The van der Waals surface area contributed by atoms with Gasteiger partial charge < -0.3 is 9.72 Å². The summed E-state index contributed by atoms with van der Waals surface area (Å²) in [7, 11) is 1.70. The van der Waals surface area contributed by atoms with E-state index in [2.05, 4.69) is 32.8 Å². The summed E-state index contributed by atoms with van der Waals surface area (Å²) in [6.45, 7) is 2.83. The number of fused-ring (bicyclic) bond motifs is 1. The summed E-state index contributed by atoms with van der Waals surface area (Å²) in [5.74, 6) is 0. The normalized spacial score (nSPS) is 13.1. The monoisotopic (exact) mass is 315 g/mol. The average molecular weight is 316 g/mol. The largest absolute Gasteiger partial charge is 0.385 e. The molecule has 0 saturated carbocycles. The Morgan fingerprint density at radius 2 is 2.41 bits per heavy atom. The molecule has 2 aromatic rings. The van der Waals surface area contributed by atoms with Crippen molar-refractivity contribution >= 4 is 39.3 Å². The van der Waals surface area contributed by atoms with Crippen molar-refractivity contribution in [3.8, 4) is 0 Å². The van der Waals surface area contributed by atoms with Crippen LogP contribution < -0.4 is 0 Å². The van der Waals surface area contributed by atoms with Crippen molar-refractivity contribution in [2.45, 2.75) is 19.4 Å². The summed E-state index contributed by atoms with van der Waals surface area (Å²) in [6.07, 6.45) is 2.69. The topological polar surface area (TPSA) is 42.8 Å². The Kier molecular flexibility index (Phi) is 3.96. The van der Waals surface area contributed by atoms with Gasteiger partial charge in [0, 0.05) is 30.4 Å². The number of imidazole rings is 1. The first kappa shape index (κ1) is 12.7. The Labute approximate surface area is 113 Å². The fourth-order valence-corrected chi connectivity index (χ4v) is 2.52. The third-order valence-corrected chi connectivity index (χ3v) is 3.43. The van der Waals surface area contributed by atoms with Crippen LogP contribution in [0.15, 0.2) is 16.7 Å².